The van der Waals surface area contributed by atoms with Gasteiger partial charge in [0.25, 0.3) is 0 Å². The van der Waals surface area contributed by atoms with Crippen LogP contribution in [-0.4, -0.2) is 11.0 Å². The van der Waals surface area contributed by atoms with E-state index in [1.807, 2.05) is 19.9 Å². The largest absolute Gasteiger partial charge is 0.483 e. The highest BCUT2D eigenvalue weighted by atomic mass is 32.1. The molecule has 0 bridgehead atoms. The zero-order chi connectivity index (χ0) is 15.4. The van der Waals surface area contributed by atoms with Gasteiger partial charge in [-0.3, -0.25) is 0 Å². The van der Waals surface area contributed by atoms with E-state index in [0.717, 1.165) is 16.3 Å². The molecule has 0 spiro atoms. The van der Waals surface area contributed by atoms with Gasteiger partial charge in [0, 0.05) is 23.0 Å². The summed E-state index contributed by atoms with van der Waals surface area (Å²) >= 11 is 1.59. The summed E-state index contributed by atoms with van der Waals surface area (Å²) < 4.78 is 19.7. The molecular weight excluding hydrogens is 287 g/mol. The fourth-order valence-corrected chi connectivity index (χ4v) is 2.75. The van der Waals surface area contributed by atoms with Gasteiger partial charge in [0.05, 0.1) is 5.69 Å². The first kappa shape index (κ1) is 15.9. The minimum absolute atomic E-state index is 0.301. The molecule has 0 aliphatic rings. The summed E-state index contributed by atoms with van der Waals surface area (Å²) in [6, 6.07) is 5.35. The van der Waals surface area contributed by atoms with Crippen molar-refractivity contribution in [2.45, 2.75) is 46.9 Å². The molecule has 0 amide bonds. The Hall–Kier alpha value is -1.46. The summed E-state index contributed by atoms with van der Waals surface area (Å²) in [5, 5.41) is 4.15. The van der Waals surface area contributed by atoms with Crippen LogP contribution in [0.1, 0.15) is 35.0 Å². The predicted molar refractivity (Wildman–Crippen MR) is 84.3 cm³/mol. The maximum Gasteiger partial charge on any atom is 0.165 e. The van der Waals surface area contributed by atoms with Crippen molar-refractivity contribution >= 4 is 11.3 Å². The number of benzene rings is 1. The number of nitrogens with zero attached hydrogens (tertiary/aromatic N) is 1. The van der Waals surface area contributed by atoms with Crippen molar-refractivity contribution in [1.29, 1.82) is 0 Å². The quantitative estimate of drug-likeness (QED) is 0.876. The van der Waals surface area contributed by atoms with E-state index in [1.54, 1.807) is 17.4 Å². The lowest BCUT2D eigenvalue weighted by Gasteiger charge is -2.13. The molecule has 0 aliphatic heterocycles. The third kappa shape index (κ3) is 4.25. The Balaban J connectivity index is 2.10. The molecule has 0 saturated heterocycles. The molecule has 1 N–H and O–H groups in total. The molecule has 21 heavy (non-hydrogen) atoms. The second-order valence-corrected chi connectivity index (χ2v) is 6.59. The first-order chi connectivity index (χ1) is 9.97. The molecule has 0 unspecified atom stereocenters. The van der Waals surface area contributed by atoms with Crippen LogP contribution in [0.2, 0.25) is 0 Å². The zero-order valence-electron chi connectivity index (χ0n) is 12.9. The third-order valence-corrected chi connectivity index (χ3v) is 4.21. The Morgan fingerprint density at radius 1 is 1.33 bits per heavy atom. The molecule has 0 radical (unpaired) electrons. The van der Waals surface area contributed by atoms with Gasteiger partial charge in [-0.1, -0.05) is 26.0 Å². The van der Waals surface area contributed by atoms with Crippen LogP contribution >= 0.6 is 11.3 Å². The normalized spacial score (nSPS) is 11.1. The van der Waals surface area contributed by atoms with Gasteiger partial charge in [0.15, 0.2) is 11.6 Å². The Morgan fingerprint density at radius 3 is 2.71 bits per heavy atom. The highest BCUT2D eigenvalue weighted by Gasteiger charge is 2.12. The monoisotopic (exact) mass is 308 g/mol. The molecule has 0 fully saturated rings. The van der Waals surface area contributed by atoms with Gasteiger partial charge in [-0.15, -0.1) is 11.3 Å². The number of aryl methyl sites for hydroxylation is 2. The molecule has 1 aromatic heterocycles. The van der Waals surface area contributed by atoms with Gasteiger partial charge < -0.3 is 10.1 Å². The van der Waals surface area contributed by atoms with E-state index in [2.05, 4.69) is 24.1 Å². The van der Waals surface area contributed by atoms with E-state index < -0.39 is 0 Å². The number of hydrogen-bond acceptors (Lipinski definition) is 4. The molecule has 2 aromatic rings. The summed E-state index contributed by atoms with van der Waals surface area (Å²) in [5.41, 5.74) is 1.84. The third-order valence-electron chi connectivity index (χ3n) is 3.16. The van der Waals surface area contributed by atoms with E-state index in [4.69, 9.17) is 4.74 Å². The molecule has 1 heterocycles. The van der Waals surface area contributed by atoms with Crippen LogP contribution in [0.4, 0.5) is 4.39 Å². The minimum Gasteiger partial charge on any atom is -0.483 e. The average Bonchev–Trinajstić information content (AvgIpc) is 2.74. The van der Waals surface area contributed by atoms with Crippen molar-refractivity contribution in [3.63, 3.8) is 0 Å². The van der Waals surface area contributed by atoms with Crippen LogP contribution in [-0.2, 0) is 13.2 Å². The molecular formula is C16H21FN2OS. The molecule has 5 heteroatoms. The lowest BCUT2D eigenvalue weighted by atomic mass is 10.2. The van der Waals surface area contributed by atoms with E-state index in [0.29, 0.717) is 24.9 Å². The van der Waals surface area contributed by atoms with Gasteiger partial charge in [0.1, 0.15) is 11.6 Å². The number of hydrogen-bond donors (Lipinski definition) is 1. The van der Waals surface area contributed by atoms with Crippen molar-refractivity contribution < 1.29 is 9.13 Å². The maximum absolute atomic E-state index is 14.0. The van der Waals surface area contributed by atoms with E-state index in [1.165, 1.54) is 10.9 Å². The van der Waals surface area contributed by atoms with Crippen molar-refractivity contribution in [3.05, 3.63) is 45.2 Å². The second-order valence-electron chi connectivity index (χ2n) is 5.30. The number of rotatable bonds is 6. The lowest BCUT2D eigenvalue weighted by molar-refractivity contribution is 0.285. The number of ether oxygens (including phenoxy) is 1. The highest BCUT2D eigenvalue weighted by molar-refractivity contribution is 7.11. The number of aromatic nitrogens is 1. The fraction of sp³-hybridized carbons (Fsp3) is 0.438. The van der Waals surface area contributed by atoms with Crippen LogP contribution in [0.25, 0.3) is 0 Å². The lowest BCUT2D eigenvalue weighted by Crippen LogP contribution is -2.22. The Labute approximate surface area is 129 Å². The summed E-state index contributed by atoms with van der Waals surface area (Å²) in [6.45, 7) is 8.99. The van der Waals surface area contributed by atoms with Gasteiger partial charge >= 0.3 is 0 Å². The molecule has 2 rings (SSSR count). The maximum atomic E-state index is 14.0. The van der Waals surface area contributed by atoms with Gasteiger partial charge in [-0.25, -0.2) is 9.37 Å². The van der Waals surface area contributed by atoms with Gasteiger partial charge in [-0.05, 0) is 19.9 Å². The van der Waals surface area contributed by atoms with E-state index in [-0.39, 0.29) is 5.82 Å². The Morgan fingerprint density at radius 2 is 2.10 bits per heavy atom. The standard InChI is InChI=1S/C16H21FN2OS/c1-10(2)18-8-13-6-5-7-14(17)16(13)20-9-15-19-11(3)12(4)21-15/h5-7,10,18H,8-9H2,1-4H3. The second kappa shape index (κ2) is 7.00. The SMILES string of the molecule is Cc1nc(COc2c(F)cccc2CNC(C)C)sc1C. The number of nitrogens with one attached hydrogen (secondary N) is 1. The topological polar surface area (TPSA) is 34.1 Å². The summed E-state index contributed by atoms with van der Waals surface area (Å²) in [5.74, 6) is -0.0146. The highest BCUT2D eigenvalue weighted by Crippen LogP contribution is 2.25. The average molecular weight is 308 g/mol. The number of para-hydroxylation sites is 1. The minimum atomic E-state index is -0.331. The van der Waals surface area contributed by atoms with Crippen LogP contribution in [0.15, 0.2) is 18.2 Å². The molecule has 3 nitrogen and oxygen atoms in total. The fourth-order valence-electron chi connectivity index (χ4n) is 1.90. The zero-order valence-corrected chi connectivity index (χ0v) is 13.7. The summed E-state index contributed by atoms with van der Waals surface area (Å²) in [6.07, 6.45) is 0. The van der Waals surface area contributed by atoms with E-state index >= 15 is 0 Å². The van der Waals surface area contributed by atoms with Crippen LogP contribution in [0.5, 0.6) is 5.75 Å². The van der Waals surface area contributed by atoms with Crippen molar-refractivity contribution in [3.8, 4) is 5.75 Å². The molecule has 0 atom stereocenters. The first-order valence-electron chi connectivity index (χ1n) is 7.04. The van der Waals surface area contributed by atoms with Crippen molar-refractivity contribution in [1.82, 2.24) is 10.3 Å². The van der Waals surface area contributed by atoms with Gasteiger partial charge in [-0.2, -0.15) is 0 Å². The van der Waals surface area contributed by atoms with Crippen LogP contribution in [0, 0.1) is 19.7 Å². The van der Waals surface area contributed by atoms with E-state index in [9.17, 15) is 4.39 Å². The number of thiazole rings is 1. The Kier molecular flexibility index (Phi) is 5.31. The predicted octanol–water partition coefficient (Wildman–Crippen LogP) is 3.98. The van der Waals surface area contributed by atoms with Crippen molar-refractivity contribution in [2.24, 2.45) is 0 Å². The van der Waals surface area contributed by atoms with Crippen molar-refractivity contribution in [2.75, 3.05) is 0 Å². The molecule has 1 aromatic carbocycles. The smallest absolute Gasteiger partial charge is 0.165 e. The number of halogens is 1. The molecule has 0 saturated carbocycles. The van der Waals surface area contributed by atoms with Crippen LogP contribution in [0.3, 0.4) is 0 Å². The Bertz CT molecular complexity index is 591. The van der Waals surface area contributed by atoms with Gasteiger partial charge in [0.2, 0.25) is 0 Å². The van der Waals surface area contributed by atoms with Crippen LogP contribution < -0.4 is 10.1 Å². The first-order valence-corrected chi connectivity index (χ1v) is 7.85. The summed E-state index contributed by atoms with van der Waals surface area (Å²) in [7, 11) is 0. The molecule has 114 valence electrons. The molecule has 0 aliphatic carbocycles. The summed E-state index contributed by atoms with van der Waals surface area (Å²) in [4.78, 5) is 5.58.